The quantitative estimate of drug-likeness (QED) is 0.823. The van der Waals surface area contributed by atoms with Crippen LogP contribution in [0.3, 0.4) is 0 Å². The Morgan fingerprint density at radius 3 is 2.41 bits per heavy atom. The lowest BCUT2D eigenvalue weighted by molar-refractivity contribution is -0.142. The average molecular weight is 252 g/mol. The summed E-state index contributed by atoms with van der Waals surface area (Å²) in [6.45, 7) is 0. The van der Waals surface area contributed by atoms with E-state index in [1.165, 1.54) is 6.07 Å². The fourth-order valence-electron chi connectivity index (χ4n) is 1.21. The van der Waals surface area contributed by atoms with Crippen LogP contribution in [0.4, 0.5) is 22.0 Å². The van der Waals surface area contributed by atoms with E-state index in [1.807, 2.05) is 0 Å². The number of halogens is 5. The summed E-state index contributed by atoms with van der Waals surface area (Å²) in [6.07, 6.45) is -8.51. The first-order valence-electron chi connectivity index (χ1n) is 4.22. The highest BCUT2D eigenvalue weighted by Gasteiger charge is 2.38. The van der Waals surface area contributed by atoms with Crippen LogP contribution in [0.25, 0.3) is 0 Å². The third-order valence-electron chi connectivity index (χ3n) is 1.95. The molecule has 1 heterocycles. The molecule has 0 spiro atoms. The number of hydrogen-bond acceptors (Lipinski definition) is 3. The van der Waals surface area contributed by atoms with E-state index in [2.05, 4.69) is 4.98 Å². The van der Waals surface area contributed by atoms with Crippen molar-refractivity contribution >= 4 is 0 Å². The molecule has 1 rings (SSSR count). The molecule has 0 bridgehead atoms. The third kappa shape index (κ3) is 2.61. The molecule has 0 amide bonds. The lowest BCUT2D eigenvalue weighted by atomic mass is 10.0. The first-order chi connectivity index (χ1) is 7.79. The number of aromatic nitrogens is 1. The lowest BCUT2D eigenvalue weighted by Crippen LogP contribution is -2.11. The Morgan fingerprint density at radius 1 is 1.41 bits per heavy atom. The number of hydrogen-bond donors (Lipinski definition) is 1. The molecule has 0 aliphatic rings. The van der Waals surface area contributed by atoms with Gasteiger partial charge in [0.05, 0.1) is 12.5 Å². The maximum atomic E-state index is 12.4. The maximum Gasteiger partial charge on any atom is 0.437 e. The SMILES string of the molecule is N#CCc1c(C(F)F)cnc(C(F)(F)F)c1O. The van der Waals surface area contributed by atoms with Gasteiger partial charge >= 0.3 is 6.18 Å². The van der Waals surface area contributed by atoms with Gasteiger partial charge in [-0.15, -0.1) is 0 Å². The summed E-state index contributed by atoms with van der Waals surface area (Å²) in [5.74, 6) is -1.42. The Kier molecular flexibility index (Phi) is 3.50. The molecular formula is C9H5F5N2O. The normalized spacial score (nSPS) is 11.6. The number of alkyl halides is 5. The summed E-state index contributed by atoms with van der Waals surface area (Å²) in [4.78, 5) is 2.75. The molecule has 3 nitrogen and oxygen atoms in total. The van der Waals surface area contributed by atoms with Gasteiger partial charge < -0.3 is 5.11 Å². The van der Waals surface area contributed by atoms with Crippen molar-refractivity contribution in [3.63, 3.8) is 0 Å². The van der Waals surface area contributed by atoms with Crippen LogP contribution < -0.4 is 0 Å². The number of aromatic hydroxyl groups is 1. The Bertz CT molecular complexity index is 464. The van der Waals surface area contributed by atoms with Gasteiger partial charge in [0, 0.05) is 17.3 Å². The van der Waals surface area contributed by atoms with Gasteiger partial charge in [-0.3, -0.25) is 0 Å². The first-order valence-corrected chi connectivity index (χ1v) is 4.22. The van der Waals surface area contributed by atoms with E-state index in [-0.39, 0.29) is 0 Å². The van der Waals surface area contributed by atoms with Crippen molar-refractivity contribution in [1.82, 2.24) is 4.98 Å². The van der Waals surface area contributed by atoms with Crippen molar-refractivity contribution in [2.75, 3.05) is 0 Å². The van der Waals surface area contributed by atoms with Crippen molar-refractivity contribution in [3.8, 4) is 11.8 Å². The number of nitrogens with zero attached hydrogens (tertiary/aromatic N) is 2. The molecule has 8 heteroatoms. The minimum atomic E-state index is -4.96. The molecular weight excluding hydrogens is 247 g/mol. The zero-order chi connectivity index (χ0) is 13.2. The predicted octanol–water partition coefficient (Wildman–Crippen LogP) is 2.81. The Morgan fingerprint density at radius 2 is 2.00 bits per heavy atom. The van der Waals surface area contributed by atoms with Crippen LogP contribution in [-0.4, -0.2) is 10.1 Å². The van der Waals surface area contributed by atoms with Crippen LogP contribution in [0, 0.1) is 11.3 Å². The van der Waals surface area contributed by atoms with Gasteiger partial charge in [-0.05, 0) is 0 Å². The van der Waals surface area contributed by atoms with E-state index < -0.39 is 41.6 Å². The molecule has 1 N–H and O–H groups in total. The van der Waals surface area contributed by atoms with E-state index in [9.17, 15) is 27.1 Å². The topological polar surface area (TPSA) is 56.9 Å². The summed E-state index contributed by atoms with van der Waals surface area (Å²) >= 11 is 0. The van der Waals surface area contributed by atoms with Gasteiger partial charge in [0.25, 0.3) is 6.43 Å². The monoisotopic (exact) mass is 252 g/mol. The van der Waals surface area contributed by atoms with Gasteiger partial charge in [-0.25, -0.2) is 13.8 Å². The van der Waals surface area contributed by atoms with Gasteiger partial charge in [0.15, 0.2) is 11.4 Å². The summed E-state index contributed by atoms with van der Waals surface area (Å²) < 4.78 is 61.8. The van der Waals surface area contributed by atoms with Crippen LogP contribution in [-0.2, 0) is 12.6 Å². The fourth-order valence-corrected chi connectivity index (χ4v) is 1.21. The molecule has 0 aromatic carbocycles. The molecule has 0 saturated heterocycles. The molecule has 0 radical (unpaired) electrons. The van der Waals surface area contributed by atoms with E-state index in [4.69, 9.17) is 5.26 Å². The van der Waals surface area contributed by atoms with E-state index >= 15 is 0 Å². The molecule has 1 aromatic heterocycles. The lowest BCUT2D eigenvalue weighted by Gasteiger charge is -2.13. The summed E-state index contributed by atoms with van der Waals surface area (Å²) in [5.41, 5.74) is -3.30. The highest BCUT2D eigenvalue weighted by molar-refractivity contribution is 5.44. The third-order valence-corrected chi connectivity index (χ3v) is 1.95. The molecule has 92 valence electrons. The second kappa shape index (κ2) is 4.53. The van der Waals surface area contributed by atoms with Gasteiger partial charge in [0.1, 0.15) is 0 Å². The first kappa shape index (κ1) is 13.2. The second-order valence-corrected chi connectivity index (χ2v) is 3.02. The molecule has 0 atom stereocenters. The van der Waals surface area contributed by atoms with E-state index in [0.29, 0.717) is 6.20 Å². The van der Waals surface area contributed by atoms with Crippen LogP contribution in [0.1, 0.15) is 23.2 Å². The summed E-state index contributed by atoms with van der Waals surface area (Å²) in [7, 11) is 0. The highest BCUT2D eigenvalue weighted by Crippen LogP contribution is 2.39. The molecule has 1 aromatic rings. The van der Waals surface area contributed by atoms with Crippen molar-refractivity contribution in [3.05, 3.63) is 23.0 Å². The summed E-state index contributed by atoms with van der Waals surface area (Å²) in [5, 5.41) is 17.6. The maximum absolute atomic E-state index is 12.4. The van der Waals surface area contributed by atoms with Crippen molar-refractivity contribution in [1.29, 1.82) is 5.26 Å². The van der Waals surface area contributed by atoms with Crippen LogP contribution >= 0.6 is 0 Å². The van der Waals surface area contributed by atoms with E-state index in [1.54, 1.807) is 0 Å². The largest absolute Gasteiger partial charge is 0.505 e. The zero-order valence-electron chi connectivity index (χ0n) is 8.09. The predicted molar refractivity (Wildman–Crippen MR) is 45.2 cm³/mol. The standard InChI is InChI=1S/C9H5F5N2O/c10-8(11)5-3-16-7(9(12,13)14)6(17)4(5)1-2-15/h3,8,17H,1H2. The smallest absolute Gasteiger partial charge is 0.437 e. The van der Waals surface area contributed by atoms with Crippen LogP contribution in [0.5, 0.6) is 5.75 Å². The summed E-state index contributed by atoms with van der Waals surface area (Å²) in [6, 6.07) is 1.41. The minimum absolute atomic E-state index is 0.319. The zero-order valence-corrected chi connectivity index (χ0v) is 8.09. The van der Waals surface area contributed by atoms with Gasteiger partial charge in [-0.2, -0.15) is 18.4 Å². The number of rotatable bonds is 2. The Labute approximate surface area is 92.1 Å². The second-order valence-electron chi connectivity index (χ2n) is 3.02. The van der Waals surface area contributed by atoms with Gasteiger partial charge in [0.2, 0.25) is 0 Å². The number of pyridine rings is 1. The molecule has 0 aliphatic carbocycles. The minimum Gasteiger partial charge on any atom is -0.505 e. The van der Waals surface area contributed by atoms with Crippen molar-refractivity contribution in [2.24, 2.45) is 0 Å². The Balaban J connectivity index is 3.45. The number of nitriles is 1. The Hall–Kier alpha value is -1.91. The fraction of sp³-hybridized carbons (Fsp3) is 0.333. The van der Waals surface area contributed by atoms with Crippen molar-refractivity contribution < 1.29 is 27.1 Å². The average Bonchev–Trinajstić information content (AvgIpc) is 2.18. The molecule has 0 unspecified atom stereocenters. The van der Waals surface area contributed by atoms with E-state index in [0.717, 1.165) is 0 Å². The molecule has 0 saturated carbocycles. The van der Waals surface area contributed by atoms with Crippen molar-refractivity contribution in [2.45, 2.75) is 19.0 Å². The molecule has 0 fully saturated rings. The van der Waals surface area contributed by atoms with Crippen LogP contribution in [0.15, 0.2) is 6.20 Å². The molecule has 17 heavy (non-hydrogen) atoms. The van der Waals surface area contributed by atoms with Gasteiger partial charge in [-0.1, -0.05) is 0 Å². The molecule has 0 aliphatic heterocycles. The highest BCUT2D eigenvalue weighted by atomic mass is 19.4. The van der Waals surface area contributed by atoms with Crippen LogP contribution in [0.2, 0.25) is 0 Å².